The number of thioether (sulfide) groups is 1. The maximum absolute atomic E-state index is 4.59. The molecule has 2 aromatic carbocycles. The topological polar surface area (TPSA) is 46.8 Å². The molecule has 6 heteroatoms. The number of hydrogen-bond donors (Lipinski definition) is 0. The van der Waals surface area contributed by atoms with E-state index in [2.05, 4.69) is 79.2 Å². The van der Waals surface area contributed by atoms with Crippen molar-refractivity contribution in [2.45, 2.75) is 36.8 Å². The summed E-state index contributed by atoms with van der Waals surface area (Å²) in [7, 11) is 0. The Morgan fingerprint density at radius 1 is 0.833 bits per heavy atom. The fourth-order valence-corrected chi connectivity index (χ4v) is 4.98. The van der Waals surface area contributed by atoms with Crippen molar-refractivity contribution in [1.82, 2.24) is 24.6 Å². The molecule has 1 aliphatic heterocycles. The summed E-state index contributed by atoms with van der Waals surface area (Å²) >= 11 is 1.74. The smallest absolute Gasteiger partial charge is 0.191 e. The lowest BCUT2D eigenvalue weighted by atomic mass is 10.1. The van der Waals surface area contributed by atoms with Crippen LogP contribution in [0.2, 0.25) is 0 Å². The largest absolute Gasteiger partial charge is 0.300 e. The van der Waals surface area contributed by atoms with Crippen molar-refractivity contribution in [1.29, 1.82) is 0 Å². The average Bonchev–Trinajstić information content (AvgIpc) is 3.44. The van der Waals surface area contributed by atoms with Crippen molar-refractivity contribution in [2.75, 3.05) is 13.1 Å². The predicted octanol–water partition coefficient (Wildman–Crippen LogP) is 4.76. The molecule has 5 rings (SSSR count). The van der Waals surface area contributed by atoms with E-state index in [9.17, 15) is 0 Å². The molecule has 0 aliphatic carbocycles. The number of fused-ring (bicyclic) bond motifs is 1. The zero-order valence-electron chi connectivity index (χ0n) is 16.9. The molecule has 0 N–H and O–H groups in total. The molecule has 152 valence electrons. The van der Waals surface area contributed by atoms with Gasteiger partial charge in [0.25, 0.3) is 0 Å². The van der Waals surface area contributed by atoms with Gasteiger partial charge in [-0.05, 0) is 43.1 Å². The van der Waals surface area contributed by atoms with Gasteiger partial charge in [0, 0.05) is 17.3 Å². The Morgan fingerprint density at radius 3 is 2.53 bits per heavy atom. The summed E-state index contributed by atoms with van der Waals surface area (Å²) in [6.45, 7) is 3.98. The van der Waals surface area contributed by atoms with Gasteiger partial charge in [-0.15, -0.1) is 10.2 Å². The quantitative estimate of drug-likeness (QED) is 0.407. The molecule has 30 heavy (non-hydrogen) atoms. The third kappa shape index (κ3) is 4.25. The molecule has 0 amide bonds. The molecule has 1 aliphatic rings. The van der Waals surface area contributed by atoms with Crippen LogP contribution in [0, 0.1) is 0 Å². The van der Waals surface area contributed by atoms with E-state index in [0.717, 1.165) is 48.4 Å². The summed E-state index contributed by atoms with van der Waals surface area (Å²) < 4.78 is 2.29. The van der Waals surface area contributed by atoms with Crippen molar-refractivity contribution in [3.63, 3.8) is 0 Å². The van der Waals surface area contributed by atoms with Gasteiger partial charge in [-0.3, -0.25) is 9.88 Å². The van der Waals surface area contributed by atoms with Crippen LogP contribution in [0.4, 0.5) is 0 Å². The maximum Gasteiger partial charge on any atom is 0.191 e. The lowest BCUT2D eigenvalue weighted by Crippen LogP contribution is -2.21. The molecule has 3 heterocycles. The van der Waals surface area contributed by atoms with Crippen molar-refractivity contribution in [3.8, 4) is 0 Å². The molecule has 0 bridgehead atoms. The highest BCUT2D eigenvalue weighted by Crippen LogP contribution is 2.27. The van der Waals surface area contributed by atoms with Crippen LogP contribution in [-0.4, -0.2) is 37.7 Å². The van der Waals surface area contributed by atoms with Crippen LogP contribution in [0.25, 0.3) is 10.9 Å². The van der Waals surface area contributed by atoms with E-state index in [1.807, 2.05) is 12.3 Å². The minimum atomic E-state index is 0.799. The first-order valence-corrected chi connectivity index (χ1v) is 11.5. The maximum atomic E-state index is 4.59. The molecule has 1 fully saturated rings. The van der Waals surface area contributed by atoms with E-state index in [0.29, 0.717) is 0 Å². The second-order valence-electron chi connectivity index (χ2n) is 7.73. The van der Waals surface area contributed by atoms with Gasteiger partial charge in [0.1, 0.15) is 5.82 Å². The SMILES string of the molecule is c1ccc(Cn2c(CN3CCCC3)nnc2SCc2cccc3cccnc23)cc1. The van der Waals surface area contributed by atoms with Gasteiger partial charge in [-0.1, -0.05) is 66.4 Å². The molecule has 0 radical (unpaired) electrons. The Kier molecular flexibility index (Phi) is 5.77. The van der Waals surface area contributed by atoms with Crippen LogP contribution in [0.1, 0.15) is 29.8 Å². The van der Waals surface area contributed by atoms with E-state index in [1.165, 1.54) is 29.4 Å². The van der Waals surface area contributed by atoms with Crippen molar-refractivity contribution in [2.24, 2.45) is 0 Å². The van der Waals surface area contributed by atoms with Crippen LogP contribution in [-0.2, 0) is 18.8 Å². The van der Waals surface area contributed by atoms with Gasteiger partial charge in [-0.25, -0.2) is 0 Å². The standard InChI is InChI=1S/C24H25N5S/c1-2-8-19(9-3-1)16-29-22(17-28-14-4-5-15-28)26-27-24(29)30-18-21-11-6-10-20-12-7-13-25-23(20)21/h1-3,6-13H,4-5,14-18H2. The van der Waals surface area contributed by atoms with Crippen LogP contribution < -0.4 is 0 Å². The number of likely N-dealkylation sites (tertiary alicyclic amines) is 1. The summed E-state index contributed by atoms with van der Waals surface area (Å²) in [6.07, 6.45) is 4.42. The zero-order chi connectivity index (χ0) is 20.2. The molecule has 0 atom stereocenters. The average molecular weight is 416 g/mol. The zero-order valence-corrected chi connectivity index (χ0v) is 17.8. The molecular formula is C24H25N5S. The lowest BCUT2D eigenvalue weighted by Gasteiger charge is -2.16. The van der Waals surface area contributed by atoms with Crippen molar-refractivity contribution < 1.29 is 0 Å². The first-order chi connectivity index (χ1) is 14.9. The van der Waals surface area contributed by atoms with Crippen LogP contribution in [0.15, 0.2) is 72.0 Å². The van der Waals surface area contributed by atoms with E-state index in [-0.39, 0.29) is 0 Å². The summed E-state index contributed by atoms with van der Waals surface area (Å²) in [5, 5.41) is 11.3. The van der Waals surface area contributed by atoms with Crippen molar-refractivity contribution in [3.05, 3.63) is 83.8 Å². The molecule has 5 nitrogen and oxygen atoms in total. The lowest BCUT2D eigenvalue weighted by molar-refractivity contribution is 0.316. The molecular weight excluding hydrogens is 390 g/mol. The molecule has 0 unspecified atom stereocenters. The second kappa shape index (κ2) is 8.98. The Hall–Kier alpha value is -2.70. The van der Waals surface area contributed by atoms with E-state index < -0.39 is 0 Å². The number of para-hydroxylation sites is 1. The summed E-state index contributed by atoms with van der Waals surface area (Å²) in [4.78, 5) is 7.08. The minimum absolute atomic E-state index is 0.799. The van der Waals surface area contributed by atoms with E-state index in [4.69, 9.17) is 0 Å². The van der Waals surface area contributed by atoms with Gasteiger partial charge in [0.2, 0.25) is 0 Å². The number of hydrogen-bond acceptors (Lipinski definition) is 5. The monoisotopic (exact) mass is 415 g/mol. The van der Waals surface area contributed by atoms with Gasteiger partial charge in [0.05, 0.1) is 18.6 Å². The second-order valence-corrected chi connectivity index (χ2v) is 8.68. The molecule has 0 saturated carbocycles. The number of aromatic nitrogens is 4. The summed E-state index contributed by atoms with van der Waals surface area (Å²) in [6, 6.07) is 21.1. The Balaban J connectivity index is 1.41. The van der Waals surface area contributed by atoms with E-state index >= 15 is 0 Å². The molecule has 4 aromatic rings. The predicted molar refractivity (Wildman–Crippen MR) is 121 cm³/mol. The summed E-state index contributed by atoms with van der Waals surface area (Å²) in [5.41, 5.74) is 3.57. The molecule has 1 saturated heterocycles. The van der Waals surface area contributed by atoms with Crippen molar-refractivity contribution >= 4 is 22.7 Å². The first kappa shape index (κ1) is 19.3. The highest BCUT2D eigenvalue weighted by Gasteiger charge is 2.19. The highest BCUT2D eigenvalue weighted by atomic mass is 32.2. The Morgan fingerprint density at radius 2 is 1.67 bits per heavy atom. The third-order valence-corrected chi connectivity index (χ3v) is 6.63. The van der Waals surface area contributed by atoms with Crippen LogP contribution in [0.3, 0.4) is 0 Å². The van der Waals surface area contributed by atoms with Crippen LogP contribution in [0.5, 0.6) is 0 Å². The first-order valence-electron chi connectivity index (χ1n) is 10.5. The number of benzene rings is 2. The molecule has 0 spiro atoms. The fraction of sp³-hybridized carbons (Fsp3) is 0.292. The molecule has 2 aromatic heterocycles. The summed E-state index contributed by atoms with van der Waals surface area (Å²) in [5.74, 6) is 1.88. The minimum Gasteiger partial charge on any atom is -0.300 e. The number of nitrogens with zero attached hydrogens (tertiary/aromatic N) is 5. The Labute approximate surface area is 181 Å². The van der Waals surface area contributed by atoms with Crippen LogP contribution >= 0.6 is 11.8 Å². The third-order valence-electron chi connectivity index (χ3n) is 5.61. The van der Waals surface area contributed by atoms with Gasteiger partial charge in [-0.2, -0.15) is 0 Å². The number of rotatable bonds is 7. The number of pyridine rings is 1. The normalized spacial score (nSPS) is 14.5. The highest BCUT2D eigenvalue weighted by molar-refractivity contribution is 7.98. The fourth-order valence-electron chi connectivity index (χ4n) is 4.03. The van der Waals surface area contributed by atoms with Gasteiger partial charge in [0.15, 0.2) is 5.16 Å². The van der Waals surface area contributed by atoms with Gasteiger partial charge >= 0.3 is 0 Å². The van der Waals surface area contributed by atoms with E-state index in [1.54, 1.807) is 11.8 Å². The Bertz CT molecular complexity index is 1110. The van der Waals surface area contributed by atoms with Gasteiger partial charge < -0.3 is 4.57 Å².